The highest BCUT2D eigenvalue weighted by atomic mass is 79.9. The van der Waals surface area contributed by atoms with Crippen LogP contribution >= 0.6 is 27.5 Å². The summed E-state index contributed by atoms with van der Waals surface area (Å²) in [5.74, 6) is 1.22. The van der Waals surface area contributed by atoms with Crippen molar-refractivity contribution in [3.63, 3.8) is 0 Å². The van der Waals surface area contributed by atoms with Crippen molar-refractivity contribution >= 4 is 56.0 Å². The van der Waals surface area contributed by atoms with Crippen molar-refractivity contribution in [3.8, 4) is 0 Å². The first-order valence-electron chi connectivity index (χ1n) is 6.34. The Morgan fingerprint density at radius 1 is 1.33 bits per heavy atom. The SMILES string of the molecule is CCNc1nc(Nc2ccc(Cl)cc2Br)c2cn[nH]c2n1. The number of fused-ring (bicyclic) bond motifs is 1. The van der Waals surface area contributed by atoms with Gasteiger partial charge in [-0.15, -0.1) is 0 Å². The summed E-state index contributed by atoms with van der Waals surface area (Å²) in [5, 5.41) is 14.7. The minimum atomic E-state index is 0.543. The lowest BCUT2D eigenvalue weighted by Gasteiger charge is -2.10. The molecule has 2 aromatic heterocycles. The molecule has 3 N–H and O–H groups in total. The molecule has 2 heterocycles. The Balaban J connectivity index is 2.04. The van der Waals surface area contributed by atoms with Gasteiger partial charge in [0.05, 0.1) is 17.3 Å². The van der Waals surface area contributed by atoms with Gasteiger partial charge in [-0.1, -0.05) is 11.6 Å². The summed E-state index contributed by atoms with van der Waals surface area (Å²) in [6.07, 6.45) is 1.69. The van der Waals surface area contributed by atoms with Gasteiger partial charge in [0.25, 0.3) is 0 Å². The second kappa shape index (κ2) is 5.87. The van der Waals surface area contributed by atoms with E-state index in [0.29, 0.717) is 22.4 Å². The third-order valence-corrected chi connectivity index (χ3v) is 3.72. The molecule has 0 saturated carbocycles. The first kappa shape index (κ1) is 14.1. The number of hydrogen-bond donors (Lipinski definition) is 3. The minimum Gasteiger partial charge on any atom is -0.354 e. The van der Waals surface area contributed by atoms with Gasteiger partial charge in [-0.2, -0.15) is 15.1 Å². The standard InChI is InChI=1S/C13H12BrClN6/c1-2-16-13-19-11(8-6-17-21-12(8)20-13)18-10-4-3-7(15)5-9(10)14/h3-6H,2H2,1H3,(H3,16,17,18,19,20,21). The molecule has 1 aromatic carbocycles. The Kier molecular flexibility index (Phi) is 3.94. The quantitative estimate of drug-likeness (QED) is 0.651. The van der Waals surface area contributed by atoms with E-state index in [1.165, 1.54) is 0 Å². The molecule has 6 nitrogen and oxygen atoms in total. The molecule has 0 spiro atoms. The number of aromatic amines is 1. The third-order valence-electron chi connectivity index (χ3n) is 2.83. The van der Waals surface area contributed by atoms with Crippen molar-refractivity contribution in [2.75, 3.05) is 17.2 Å². The molecule has 108 valence electrons. The highest BCUT2D eigenvalue weighted by Gasteiger charge is 2.11. The van der Waals surface area contributed by atoms with E-state index in [1.54, 1.807) is 6.20 Å². The van der Waals surface area contributed by atoms with Crippen LogP contribution in [0, 0.1) is 0 Å². The van der Waals surface area contributed by atoms with Crippen LogP contribution in [-0.2, 0) is 0 Å². The van der Waals surface area contributed by atoms with E-state index in [0.717, 1.165) is 22.1 Å². The van der Waals surface area contributed by atoms with Crippen LogP contribution in [-0.4, -0.2) is 26.7 Å². The second-order valence-corrected chi connectivity index (χ2v) is 5.60. The van der Waals surface area contributed by atoms with Crippen LogP contribution in [0.3, 0.4) is 0 Å². The average Bonchev–Trinajstić information content (AvgIpc) is 2.91. The van der Waals surface area contributed by atoms with Gasteiger partial charge in [-0.3, -0.25) is 5.10 Å². The van der Waals surface area contributed by atoms with Crippen LogP contribution in [0.4, 0.5) is 17.5 Å². The van der Waals surface area contributed by atoms with E-state index in [9.17, 15) is 0 Å². The fourth-order valence-corrected chi connectivity index (χ4v) is 2.67. The smallest absolute Gasteiger partial charge is 0.226 e. The van der Waals surface area contributed by atoms with Crippen molar-refractivity contribution < 1.29 is 0 Å². The van der Waals surface area contributed by atoms with Crippen LogP contribution in [0.2, 0.25) is 5.02 Å². The first-order chi connectivity index (χ1) is 10.2. The highest BCUT2D eigenvalue weighted by Crippen LogP contribution is 2.30. The predicted molar refractivity (Wildman–Crippen MR) is 88.3 cm³/mol. The molecule has 0 bridgehead atoms. The van der Waals surface area contributed by atoms with Gasteiger partial charge in [0.2, 0.25) is 5.95 Å². The zero-order valence-electron chi connectivity index (χ0n) is 11.1. The Morgan fingerprint density at radius 3 is 2.95 bits per heavy atom. The number of benzene rings is 1. The largest absolute Gasteiger partial charge is 0.354 e. The molecule has 0 saturated heterocycles. The zero-order chi connectivity index (χ0) is 14.8. The molecule has 0 radical (unpaired) electrons. The molecule has 0 unspecified atom stereocenters. The topological polar surface area (TPSA) is 78.5 Å². The van der Waals surface area contributed by atoms with Gasteiger partial charge < -0.3 is 10.6 Å². The van der Waals surface area contributed by atoms with Crippen LogP contribution < -0.4 is 10.6 Å². The van der Waals surface area contributed by atoms with Gasteiger partial charge in [0.15, 0.2) is 5.65 Å². The summed E-state index contributed by atoms with van der Waals surface area (Å²) in [6.45, 7) is 2.73. The molecule has 8 heteroatoms. The number of H-pyrrole nitrogens is 1. The lowest BCUT2D eigenvalue weighted by Crippen LogP contribution is -2.05. The summed E-state index contributed by atoms with van der Waals surface area (Å²) in [5.41, 5.74) is 1.54. The van der Waals surface area contributed by atoms with E-state index >= 15 is 0 Å². The Hall–Kier alpha value is -1.86. The fourth-order valence-electron chi connectivity index (χ4n) is 1.89. The van der Waals surface area contributed by atoms with Crippen molar-refractivity contribution in [2.45, 2.75) is 6.92 Å². The Bertz CT molecular complexity index is 787. The number of aromatic nitrogens is 4. The van der Waals surface area contributed by atoms with Gasteiger partial charge in [-0.05, 0) is 41.1 Å². The molecular formula is C13H12BrClN6. The van der Waals surface area contributed by atoms with E-state index in [2.05, 4.69) is 46.7 Å². The summed E-state index contributed by atoms with van der Waals surface area (Å²) in [4.78, 5) is 8.83. The number of halogens is 2. The van der Waals surface area contributed by atoms with Gasteiger partial charge in [0, 0.05) is 16.0 Å². The number of hydrogen-bond acceptors (Lipinski definition) is 5. The molecule has 0 aliphatic carbocycles. The minimum absolute atomic E-state index is 0.543. The van der Waals surface area contributed by atoms with Crippen LogP contribution in [0.25, 0.3) is 11.0 Å². The summed E-state index contributed by atoms with van der Waals surface area (Å²) < 4.78 is 0.857. The number of nitrogens with zero attached hydrogens (tertiary/aromatic N) is 3. The van der Waals surface area contributed by atoms with Crippen LogP contribution in [0.15, 0.2) is 28.9 Å². The zero-order valence-corrected chi connectivity index (χ0v) is 13.5. The molecular weight excluding hydrogens is 356 g/mol. The number of nitrogens with one attached hydrogen (secondary N) is 3. The number of rotatable bonds is 4. The Labute approximate surface area is 134 Å². The van der Waals surface area contributed by atoms with Crippen molar-refractivity contribution in [3.05, 3.63) is 33.9 Å². The van der Waals surface area contributed by atoms with E-state index in [-0.39, 0.29) is 0 Å². The van der Waals surface area contributed by atoms with Crippen LogP contribution in [0.5, 0.6) is 0 Å². The first-order valence-corrected chi connectivity index (χ1v) is 7.51. The Morgan fingerprint density at radius 2 is 2.19 bits per heavy atom. The maximum atomic E-state index is 5.96. The maximum absolute atomic E-state index is 5.96. The molecule has 21 heavy (non-hydrogen) atoms. The maximum Gasteiger partial charge on any atom is 0.226 e. The molecule has 0 fully saturated rings. The lowest BCUT2D eigenvalue weighted by atomic mass is 10.3. The fraction of sp³-hybridized carbons (Fsp3) is 0.154. The van der Waals surface area contributed by atoms with Gasteiger partial charge >= 0.3 is 0 Å². The molecule has 3 aromatic rings. The third kappa shape index (κ3) is 2.93. The van der Waals surface area contributed by atoms with Gasteiger partial charge in [0.1, 0.15) is 5.82 Å². The monoisotopic (exact) mass is 366 g/mol. The van der Waals surface area contributed by atoms with Crippen molar-refractivity contribution in [1.82, 2.24) is 20.2 Å². The molecule has 0 amide bonds. The van der Waals surface area contributed by atoms with Crippen molar-refractivity contribution in [2.24, 2.45) is 0 Å². The van der Waals surface area contributed by atoms with E-state index in [4.69, 9.17) is 11.6 Å². The molecule has 0 aliphatic rings. The molecule has 0 atom stereocenters. The molecule has 3 rings (SSSR count). The summed E-state index contributed by atoms with van der Waals surface area (Å²) in [6, 6.07) is 5.52. The molecule has 0 aliphatic heterocycles. The highest BCUT2D eigenvalue weighted by molar-refractivity contribution is 9.10. The van der Waals surface area contributed by atoms with Crippen molar-refractivity contribution in [1.29, 1.82) is 0 Å². The predicted octanol–water partition coefficient (Wildman–Crippen LogP) is 3.94. The summed E-state index contributed by atoms with van der Waals surface area (Å²) in [7, 11) is 0. The van der Waals surface area contributed by atoms with E-state index in [1.807, 2.05) is 25.1 Å². The normalized spacial score (nSPS) is 10.8. The van der Waals surface area contributed by atoms with E-state index < -0.39 is 0 Å². The summed E-state index contributed by atoms with van der Waals surface area (Å²) >= 11 is 9.43. The lowest BCUT2D eigenvalue weighted by molar-refractivity contribution is 1.07. The average molecular weight is 368 g/mol. The second-order valence-electron chi connectivity index (χ2n) is 4.31. The number of anilines is 3. The van der Waals surface area contributed by atoms with Crippen LogP contribution in [0.1, 0.15) is 6.92 Å². The van der Waals surface area contributed by atoms with Gasteiger partial charge in [-0.25, -0.2) is 0 Å².